The van der Waals surface area contributed by atoms with Crippen LogP contribution in [0.25, 0.3) is 0 Å². The molecule has 0 fully saturated rings. The van der Waals surface area contributed by atoms with Crippen LogP contribution in [-0.2, 0) is 6.42 Å². The Morgan fingerprint density at radius 2 is 2.00 bits per heavy atom. The van der Waals surface area contributed by atoms with E-state index in [2.05, 4.69) is 15.9 Å². The van der Waals surface area contributed by atoms with E-state index in [4.69, 9.17) is 16.3 Å². The molecule has 0 bridgehead atoms. The molecule has 2 nitrogen and oxygen atoms in total. The maximum atomic E-state index is 10.4. The third-order valence-electron chi connectivity index (χ3n) is 3.27. The second kappa shape index (κ2) is 6.61. The zero-order valence-electron chi connectivity index (χ0n) is 11.4. The smallest absolute Gasteiger partial charge is 0.119 e. The van der Waals surface area contributed by atoms with Crippen molar-refractivity contribution in [1.82, 2.24) is 0 Å². The Morgan fingerprint density at radius 1 is 1.25 bits per heavy atom. The van der Waals surface area contributed by atoms with E-state index in [1.807, 2.05) is 43.3 Å². The fourth-order valence-corrected chi connectivity index (χ4v) is 2.71. The third kappa shape index (κ3) is 3.54. The van der Waals surface area contributed by atoms with E-state index in [0.717, 1.165) is 26.9 Å². The van der Waals surface area contributed by atoms with Crippen molar-refractivity contribution < 1.29 is 9.84 Å². The zero-order valence-corrected chi connectivity index (χ0v) is 13.7. The fraction of sp³-hybridized carbons (Fsp3) is 0.250. The number of hydrogen-bond donors (Lipinski definition) is 1. The lowest BCUT2D eigenvalue weighted by atomic mass is 9.97. The lowest BCUT2D eigenvalue weighted by molar-refractivity contribution is 0.177. The van der Waals surface area contributed by atoms with Crippen molar-refractivity contribution in [1.29, 1.82) is 0 Å². The van der Waals surface area contributed by atoms with Gasteiger partial charge in [0.2, 0.25) is 0 Å². The van der Waals surface area contributed by atoms with Gasteiger partial charge < -0.3 is 9.84 Å². The van der Waals surface area contributed by atoms with Gasteiger partial charge in [-0.2, -0.15) is 0 Å². The second-order valence-electron chi connectivity index (χ2n) is 4.68. The zero-order chi connectivity index (χ0) is 14.7. The van der Waals surface area contributed by atoms with Gasteiger partial charge in [0.1, 0.15) is 5.75 Å². The molecule has 0 aliphatic rings. The molecule has 1 N–H and O–H groups in total. The van der Waals surface area contributed by atoms with Crippen LogP contribution in [0, 0.1) is 6.92 Å². The monoisotopic (exact) mass is 354 g/mol. The Morgan fingerprint density at radius 3 is 2.70 bits per heavy atom. The van der Waals surface area contributed by atoms with E-state index in [9.17, 15) is 5.11 Å². The molecule has 0 saturated heterocycles. The summed E-state index contributed by atoms with van der Waals surface area (Å²) >= 11 is 9.50. The molecule has 2 rings (SSSR count). The summed E-state index contributed by atoms with van der Waals surface area (Å²) in [6.45, 7) is 1.97. The summed E-state index contributed by atoms with van der Waals surface area (Å²) in [6.07, 6.45) is -0.101. The molecule has 1 unspecified atom stereocenters. The van der Waals surface area contributed by atoms with Crippen molar-refractivity contribution in [2.75, 3.05) is 7.11 Å². The number of ether oxygens (including phenoxy) is 1. The van der Waals surface area contributed by atoms with E-state index in [-0.39, 0.29) is 0 Å². The molecule has 1 atom stereocenters. The number of rotatable bonds is 4. The highest BCUT2D eigenvalue weighted by Crippen LogP contribution is 2.29. The van der Waals surface area contributed by atoms with Crippen LogP contribution >= 0.6 is 27.5 Å². The van der Waals surface area contributed by atoms with E-state index in [1.165, 1.54) is 0 Å². The van der Waals surface area contributed by atoms with Crippen LogP contribution in [0.4, 0.5) is 0 Å². The van der Waals surface area contributed by atoms with E-state index >= 15 is 0 Å². The number of benzene rings is 2. The van der Waals surface area contributed by atoms with Crippen molar-refractivity contribution in [3.8, 4) is 5.75 Å². The molecular weight excluding hydrogens is 340 g/mol. The highest BCUT2D eigenvalue weighted by atomic mass is 79.9. The van der Waals surface area contributed by atoms with Crippen LogP contribution in [0.1, 0.15) is 22.8 Å². The first kappa shape index (κ1) is 15.4. The van der Waals surface area contributed by atoms with Gasteiger partial charge in [-0.25, -0.2) is 0 Å². The number of hydrogen-bond acceptors (Lipinski definition) is 2. The Bertz CT molecular complexity index is 613. The van der Waals surface area contributed by atoms with Gasteiger partial charge in [-0.15, -0.1) is 0 Å². The summed E-state index contributed by atoms with van der Waals surface area (Å²) in [5.74, 6) is 0.776. The van der Waals surface area contributed by atoms with Gasteiger partial charge in [-0.3, -0.25) is 0 Å². The predicted molar refractivity (Wildman–Crippen MR) is 85.5 cm³/mol. The average Bonchev–Trinajstić information content (AvgIpc) is 2.43. The molecule has 0 heterocycles. The molecule has 0 aliphatic heterocycles. The summed E-state index contributed by atoms with van der Waals surface area (Å²) in [6, 6.07) is 11.3. The third-order valence-corrected chi connectivity index (χ3v) is 4.28. The number of methoxy groups -OCH3 is 1. The summed E-state index contributed by atoms with van der Waals surface area (Å²) in [5.41, 5.74) is 2.88. The Balaban J connectivity index is 2.27. The minimum Gasteiger partial charge on any atom is -0.497 e. The van der Waals surface area contributed by atoms with E-state index < -0.39 is 6.10 Å². The van der Waals surface area contributed by atoms with Gasteiger partial charge in [0, 0.05) is 15.9 Å². The van der Waals surface area contributed by atoms with Crippen LogP contribution in [0.5, 0.6) is 5.75 Å². The molecule has 106 valence electrons. The number of halogens is 2. The lowest BCUT2D eigenvalue weighted by Gasteiger charge is -2.16. The van der Waals surface area contributed by atoms with Crippen LogP contribution in [0.2, 0.25) is 5.02 Å². The molecule has 2 aromatic carbocycles. The molecular formula is C16H16BrClO2. The maximum Gasteiger partial charge on any atom is 0.119 e. The molecule has 20 heavy (non-hydrogen) atoms. The molecule has 0 amide bonds. The molecule has 0 aliphatic carbocycles. The normalized spacial score (nSPS) is 12.2. The molecule has 0 saturated carbocycles. The van der Waals surface area contributed by atoms with Gasteiger partial charge in [-0.05, 0) is 53.9 Å². The van der Waals surface area contributed by atoms with Crippen molar-refractivity contribution in [3.63, 3.8) is 0 Å². The SMILES string of the molecule is COc1ccc(Br)c(CC(O)c2cc(Cl)ccc2C)c1. The highest BCUT2D eigenvalue weighted by Gasteiger charge is 2.14. The van der Waals surface area contributed by atoms with Crippen molar-refractivity contribution in [3.05, 3.63) is 62.6 Å². The van der Waals surface area contributed by atoms with Gasteiger partial charge in [0.05, 0.1) is 13.2 Å². The number of aryl methyl sites for hydroxylation is 1. The predicted octanol–water partition coefficient (Wildman–Crippen LogP) is 4.70. The minimum absolute atomic E-state index is 0.499. The lowest BCUT2D eigenvalue weighted by Crippen LogP contribution is -2.04. The number of aliphatic hydroxyl groups excluding tert-OH is 1. The Hall–Kier alpha value is -1.03. The van der Waals surface area contributed by atoms with Crippen molar-refractivity contribution in [2.24, 2.45) is 0 Å². The summed E-state index contributed by atoms with van der Waals surface area (Å²) in [5, 5.41) is 11.1. The first-order valence-electron chi connectivity index (χ1n) is 6.28. The fourth-order valence-electron chi connectivity index (χ4n) is 2.12. The molecule has 4 heteroatoms. The van der Waals surface area contributed by atoms with Crippen molar-refractivity contribution in [2.45, 2.75) is 19.4 Å². The Kier molecular flexibility index (Phi) is 5.08. The van der Waals surface area contributed by atoms with Crippen LogP contribution in [0.3, 0.4) is 0 Å². The summed E-state index contributed by atoms with van der Waals surface area (Å²) < 4.78 is 6.17. The van der Waals surface area contributed by atoms with E-state index in [0.29, 0.717) is 11.4 Å². The summed E-state index contributed by atoms with van der Waals surface area (Å²) in [7, 11) is 1.63. The molecule has 0 spiro atoms. The van der Waals surface area contributed by atoms with Gasteiger partial charge >= 0.3 is 0 Å². The average molecular weight is 356 g/mol. The number of aliphatic hydroxyl groups is 1. The van der Waals surface area contributed by atoms with Crippen LogP contribution in [0.15, 0.2) is 40.9 Å². The molecule has 0 aromatic heterocycles. The topological polar surface area (TPSA) is 29.5 Å². The quantitative estimate of drug-likeness (QED) is 0.861. The standard InChI is InChI=1S/C16H16BrClO2/c1-10-3-4-12(18)9-14(10)16(19)8-11-7-13(20-2)5-6-15(11)17/h3-7,9,16,19H,8H2,1-2H3. The largest absolute Gasteiger partial charge is 0.497 e. The second-order valence-corrected chi connectivity index (χ2v) is 5.97. The maximum absolute atomic E-state index is 10.4. The summed E-state index contributed by atoms with van der Waals surface area (Å²) in [4.78, 5) is 0. The first-order valence-corrected chi connectivity index (χ1v) is 7.45. The van der Waals surface area contributed by atoms with Gasteiger partial charge in [0.25, 0.3) is 0 Å². The Labute approximate surface area is 132 Å². The first-order chi connectivity index (χ1) is 9.51. The van der Waals surface area contributed by atoms with Gasteiger partial charge in [0.15, 0.2) is 0 Å². The minimum atomic E-state index is -0.600. The van der Waals surface area contributed by atoms with Crippen LogP contribution < -0.4 is 4.74 Å². The van der Waals surface area contributed by atoms with E-state index in [1.54, 1.807) is 7.11 Å². The highest BCUT2D eigenvalue weighted by molar-refractivity contribution is 9.10. The molecule has 0 radical (unpaired) electrons. The van der Waals surface area contributed by atoms with Crippen LogP contribution in [-0.4, -0.2) is 12.2 Å². The molecule has 2 aromatic rings. The van der Waals surface area contributed by atoms with Crippen molar-refractivity contribution >= 4 is 27.5 Å². The van der Waals surface area contributed by atoms with Gasteiger partial charge in [-0.1, -0.05) is 33.6 Å².